The maximum Gasteiger partial charge on any atom is 0.243 e. The van der Waals surface area contributed by atoms with Crippen LogP contribution in [-0.4, -0.2) is 69.8 Å². The SMILES string of the molecule is CC(C)c1ccc(S(=O)(=O)N2CCN(C(C)C(=O)Nc3ccc(N(C)C)cc3)CC2)cc1. The van der Waals surface area contributed by atoms with Crippen molar-refractivity contribution in [3.8, 4) is 0 Å². The third kappa shape index (κ3) is 5.49. The number of carbonyl (C=O) groups is 1. The fourth-order valence-corrected chi connectivity index (χ4v) is 5.18. The first-order chi connectivity index (χ1) is 15.1. The van der Waals surface area contributed by atoms with E-state index in [1.165, 1.54) is 4.31 Å². The molecule has 1 aliphatic rings. The first kappa shape index (κ1) is 24.2. The lowest BCUT2D eigenvalue weighted by atomic mass is 10.0. The van der Waals surface area contributed by atoms with Crippen LogP contribution in [0.15, 0.2) is 53.4 Å². The lowest BCUT2D eigenvalue weighted by Crippen LogP contribution is -2.53. The third-order valence-electron chi connectivity index (χ3n) is 6.04. The van der Waals surface area contributed by atoms with Crippen molar-refractivity contribution < 1.29 is 13.2 Å². The van der Waals surface area contributed by atoms with Gasteiger partial charge in [-0.25, -0.2) is 8.42 Å². The van der Waals surface area contributed by atoms with Gasteiger partial charge in [-0.3, -0.25) is 9.69 Å². The van der Waals surface area contributed by atoms with Gasteiger partial charge in [0.2, 0.25) is 15.9 Å². The van der Waals surface area contributed by atoms with Crippen LogP contribution in [0.4, 0.5) is 11.4 Å². The molecule has 0 bridgehead atoms. The molecule has 2 aromatic rings. The minimum atomic E-state index is -3.53. The number of hydrogen-bond acceptors (Lipinski definition) is 5. The Kier molecular flexibility index (Phi) is 7.59. The summed E-state index contributed by atoms with van der Waals surface area (Å²) < 4.78 is 27.6. The highest BCUT2D eigenvalue weighted by molar-refractivity contribution is 7.89. The molecule has 0 saturated carbocycles. The van der Waals surface area contributed by atoms with Crippen LogP contribution in [0.25, 0.3) is 0 Å². The molecule has 1 fully saturated rings. The van der Waals surface area contributed by atoms with E-state index in [0.29, 0.717) is 37.0 Å². The molecule has 1 unspecified atom stereocenters. The zero-order valence-corrected chi connectivity index (χ0v) is 20.4. The van der Waals surface area contributed by atoms with E-state index in [4.69, 9.17) is 0 Å². The van der Waals surface area contributed by atoms with Crippen LogP contribution in [0.1, 0.15) is 32.3 Å². The van der Waals surface area contributed by atoms with E-state index in [1.807, 2.05) is 67.2 Å². The van der Waals surface area contributed by atoms with E-state index in [2.05, 4.69) is 19.2 Å². The highest BCUT2D eigenvalue weighted by atomic mass is 32.2. The van der Waals surface area contributed by atoms with Gasteiger partial charge in [-0.2, -0.15) is 4.31 Å². The van der Waals surface area contributed by atoms with E-state index in [1.54, 1.807) is 12.1 Å². The molecule has 1 N–H and O–H groups in total. The van der Waals surface area contributed by atoms with Crippen molar-refractivity contribution in [3.05, 3.63) is 54.1 Å². The van der Waals surface area contributed by atoms with Crippen LogP contribution in [0, 0.1) is 0 Å². The van der Waals surface area contributed by atoms with Crippen LogP contribution in [0.2, 0.25) is 0 Å². The first-order valence-electron chi connectivity index (χ1n) is 11.0. The third-order valence-corrected chi connectivity index (χ3v) is 7.95. The molecule has 8 heteroatoms. The Balaban J connectivity index is 1.57. The second-order valence-corrected chi connectivity index (χ2v) is 10.7. The van der Waals surface area contributed by atoms with Gasteiger partial charge in [-0.1, -0.05) is 26.0 Å². The van der Waals surface area contributed by atoms with Crippen molar-refractivity contribution in [2.75, 3.05) is 50.5 Å². The summed E-state index contributed by atoms with van der Waals surface area (Å²) in [6.07, 6.45) is 0. The number of amides is 1. The Morgan fingerprint density at radius 3 is 1.97 bits per heavy atom. The van der Waals surface area contributed by atoms with Crippen LogP contribution in [-0.2, 0) is 14.8 Å². The standard InChI is InChI=1S/C24H34N4O3S/c1-18(2)20-6-12-23(13-7-20)32(30,31)28-16-14-27(15-17-28)19(3)24(29)25-21-8-10-22(11-9-21)26(4)5/h6-13,18-19H,14-17H2,1-5H3,(H,25,29). The summed E-state index contributed by atoms with van der Waals surface area (Å²) in [7, 11) is 0.405. The van der Waals surface area contributed by atoms with Gasteiger partial charge in [0.1, 0.15) is 0 Å². The maximum atomic E-state index is 13.0. The van der Waals surface area contributed by atoms with Crippen molar-refractivity contribution in [1.29, 1.82) is 0 Å². The average molecular weight is 459 g/mol. The highest BCUT2D eigenvalue weighted by Gasteiger charge is 2.31. The topological polar surface area (TPSA) is 73.0 Å². The van der Waals surface area contributed by atoms with Gasteiger partial charge in [-0.15, -0.1) is 0 Å². The van der Waals surface area contributed by atoms with Crippen LogP contribution < -0.4 is 10.2 Å². The summed E-state index contributed by atoms with van der Waals surface area (Å²) in [5, 5.41) is 2.96. The van der Waals surface area contributed by atoms with Gasteiger partial charge in [0.25, 0.3) is 0 Å². The van der Waals surface area contributed by atoms with Crippen molar-refractivity contribution in [2.24, 2.45) is 0 Å². The smallest absolute Gasteiger partial charge is 0.243 e. The molecule has 0 aliphatic carbocycles. The minimum absolute atomic E-state index is 0.0943. The van der Waals surface area contributed by atoms with Gasteiger partial charge in [0, 0.05) is 51.6 Å². The molecule has 0 aromatic heterocycles. The number of hydrogen-bond donors (Lipinski definition) is 1. The van der Waals surface area contributed by atoms with Crippen molar-refractivity contribution in [2.45, 2.75) is 37.6 Å². The van der Waals surface area contributed by atoms with Crippen molar-refractivity contribution in [3.63, 3.8) is 0 Å². The summed E-state index contributed by atoms with van der Waals surface area (Å²) in [6, 6.07) is 14.5. The number of piperazine rings is 1. The van der Waals surface area contributed by atoms with E-state index in [0.717, 1.165) is 16.9 Å². The molecule has 1 atom stereocenters. The van der Waals surface area contributed by atoms with Gasteiger partial charge in [0.15, 0.2) is 0 Å². The summed E-state index contributed by atoms with van der Waals surface area (Å²) in [6.45, 7) is 7.78. The predicted octanol–water partition coefficient (Wildman–Crippen LogP) is 3.21. The zero-order valence-electron chi connectivity index (χ0n) is 19.6. The Morgan fingerprint density at radius 2 is 1.47 bits per heavy atom. The van der Waals surface area contributed by atoms with E-state index in [9.17, 15) is 13.2 Å². The molecule has 1 saturated heterocycles. The molecule has 0 radical (unpaired) electrons. The monoisotopic (exact) mass is 458 g/mol. The van der Waals surface area contributed by atoms with Gasteiger partial charge in [0.05, 0.1) is 10.9 Å². The second-order valence-electron chi connectivity index (χ2n) is 8.77. The molecule has 2 aromatic carbocycles. The molecular formula is C24H34N4O3S. The van der Waals surface area contributed by atoms with E-state index >= 15 is 0 Å². The van der Waals surface area contributed by atoms with Crippen LogP contribution >= 0.6 is 0 Å². The second kappa shape index (κ2) is 10.0. The lowest BCUT2D eigenvalue weighted by Gasteiger charge is -2.36. The number of rotatable bonds is 7. The quantitative estimate of drug-likeness (QED) is 0.690. The fraction of sp³-hybridized carbons (Fsp3) is 0.458. The normalized spacial score (nSPS) is 16.7. The predicted molar refractivity (Wildman–Crippen MR) is 130 cm³/mol. The first-order valence-corrected chi connectivity index (χ1v) is 12.5. The number of nitrogens with one attached hydrogen (secondary N) is 1. The number of anilines is 2. The van der Waals surface area contributed by atoms with Gasteiger partial charge in [-0.05, 0) is 54.8 Å². The molecule has 7 nitrogen and oxygen atoms in total. The lowest BCUT2D eigenvalue weighted by molar-refractivity contribution is -0.121. The summed E-state index contributed by atoms with van der Waals surface area (Å²) in [5.41, 5.74) is 2.93. The molecule has 1 heterocycles. The van der Waals surface area contributed by atoms with E-state index < -0.39 is 10.0 Å². The Hall–Kier alpha value is -2.42. The van der Waals surface area contributed by atoms with E-state index in [-0.39, 0.29) is 11.9 Å². The Labute approximate surface area is 192 Å². The molecule has 174 valence electrons. The molecule has 1 aliphatic heterocycles. The number of sulfonamides is 1. The number of nitrogens with zero attached hydrogens (tertiary/aromatic N) is 3. The Bertz CT molecular complexity index is 1010. The maximum absolute atomic E-state index is 13.0. The molecular weight excluding hydrogens is 424 g/mol. The summed E-state index contributed by atoms with van der Waals surface area (Å²) in [4.78, 5) is 17.1. The molecule has 32 heavy (non-hydrogen) atoms. The zero-order chi connectivity index (χ0) is 23.5. The fourth-order valence-electron chi connectivity index (χ4n) is 3.76. The van der Waals surface area contributed by atoms with Crippen molar-refractivity contribution >= 4 is 27.3 Å². The van der Waals surface area contributed by atoms with Crippen LogP contribution in [0.5, 0.6) is 0 Å². The van der Waals surface area contributed by atoms with Gasteiger partial charge >= 0.3 is 0 Å². The number of benzene rings is 2. The number of carbonyl (C=O) groups excluding carboxylic acids is 1. The molecule has 1 amide bonds. The summed E-state index contributed by atoms with van der Waals surface area (Å²) >= 11 is 0. The van der Waals surface area contributed by atoms with Crippen LogP contribution in [0.3, 0.4) is 0 Å². The largest absolute Gasteiger partial charge is 0.378 e. The minimum Gasteiger partial charge on any atom is -0.378 e. The average Bonchev–Trinajstić information content (AvgIpc) is 2.79. The Morgan fingerprint density at radius 1 is 0.906 bits per heavy atom. The summed E-state index contributed by atoms with van der Waals surface area (Å²) in [5.74, 6) is 0.261. The van der Waals surface area contributed by atoms with Gasteiger partial charge < -0.3 is 10.2 Å². The molecule has 0 spiro atoms. The molecule has 3 rings (SSSR count). The highest BCUT2D eigenvalue weighted by Crippen LogP contribution is 2.22. The van der Waals surface area contributed by atoms with Crippen molar-refractivity contribution in [1.82, 2.24) is 9.21 Å².